The van der Waals surface area contributed by atoms with Crippen LogP contribution in [-0.4, -0.2) is 41.0 Å². The maximum absolute atomic E-state index is 11.5. The topological polar surface area (TPSA) is 86.7 Å². The van der Waals surface area contributed by atoms with Crippen LogP contribution in [0.25, 0.3) is 0 Å². The van der Waals surface area contributed by atoms with E-state index in [9.17, 15) is 19.5 Å². The van der Waals surface area contributed by atoms with Gasteiger partial charge in [0.25, 0.3) is 0 Å². The monoisotopic (exact) mass is 240 g/mol. The fourth-order valence-corrected chi connectivity index (χ4v) is 2.59. The lowest BCUT2D eigenvalue weighted by molar-refractivity contribution is -0.152. The largest absolute Gasteiger partial charge is 0.481 e. The number of rotatable bonds is 3. The summed E-state index contributed by atoms with van der Waals surface area (Å²) >= 11 is 0. The standard InChI is InChI=1S/C11H16N2O4/c14-8-6-12-10(17)13(8)7-11(9(15)16)4-2-1-3-5-11/h1-7H2,(H,12,17)(H,15,16). The number of aliphatic carboxylic acids is 1. The summed E-state index contributed by atoms with van der Waals surface area (Å²) in [4.78, 5) is 35.3. The van der Waals surface area contributed by atoms with Gasteiger partial charge in [0, 0.05) is 6.54 Å². The van der Waals surface area contributed by atoms with Gasteiger partial charge < -0.3 is 10.4 Å². The quantitative estimate of drug-likeness (QED) is 0.706. The van der Waals surface area contributed by atoms with Crippen molar-refractivity contribution in [1.29, 1.82) is 0 Å². The van der Waals surface area contributed by atoms with Crippen LogP contribution in [0.5, 0.6) is 0 Å². The molecule has 1 aliphatic heterocycles. The van der Waals surface area contributed by atoms with Gasteiger partial charge in [-0.3, -0.25) is 14.5 Å². The Labute approximate surface area is 99.0 Å². The van der Waals surface area contributed by atoms with E-state index in [1.165, 1.54) is 0 Å². The number of carbonyl (C=O) groups is 3. The molecule has 2 aliphatic rings. The van der Waals surface area contributed by atoms with Crippen LogP contribution in [0.1, 0.15) is 32.1 Å². The summed E-state index contributed by atoms with van der Waals surface area (Å²) in [6.07, 6.45) is 3.79. The summed E-state index contributed by atoms with van der Waals surface area (Å²) < 4.78 is 0. The maximum Gasteiger partial charge on any atom is 0.324 e. The van der Waals surface area contributed by atoms with Crippen molar-refractivity contribution in [3.8, 4) is 0 Å². The molecule has 3 amide bonds. The van der Waals surface area contributed by atoms with Crippen LogP contribution < -0.4 is 5.32 Å². The average Bonchev–Trinajstić information content (AvgIpc) is 2.62. The molecule has 1 saturated carbocycles. The van der Waals surface area contributed by atoms with Crippen molar-refractivity contribution in [2.24, 2.45) is 5.41 Å². The first-order valence-electron chi connectivity index (χ1n) is 5.87. The number of carbonyl (C=O) groups excluding carboxylic acids is 2. The van der Waals surface area contributed by atoms with Crippen LogP contribution in [0.15, 0.2) is 0 Å². The Bertz CT molecular complexity index is 344. The van der Waals surface area contributed by atoms with E-state index in [2.05, 4.69) is 5.32 Å². The van der Waals surface area contributed by atoms with Crippen molar-refractivity contribution in [3.05, 3.63) is 0 Å². The summed E-state index contributed by atoms with van der Waals surface area (Å²) in [6, 6.07) is -0.471. The van der Waals surface area contributed by atoms with Crippen molar-refractivity contribution in [3.63, 3.8) is 0 Å². The van der Waals surface area contributed by atoms with Crippen molar-refractivity contribution in [1.82, 2.24) is 10.2 Å². The molecule has 0 aromatic rings. The molecule has 0 unspecified atom stereocenters. The van der Waals surface area contributed by atoms with Gasteiger partial charge >= 0.3 is 12.0 Å². The summed E-state index contributed by atoms with van der Waals surface area (Å²) in [5, 5.41) is 11.8. The Morgan fingerprint density at radius 3 is 2.41 bits per heavy atom. The number of hydrogen-bond donors (Lipinski definition) is 2. The lowest BCUT2D eigenvalue weighted by Gasteiger charge is -2.35. The van der Waals surface area contributed by atoms with Crippen LogP contribution in [0.3, 0.4) is 0 Å². The highest BCUT2D eigenvalue weighted by molar-refractivity contribution is 6.02. The van der Waals surface area contributed by atoms with Crippen LogP contribution in [0.4, 0.5) is 4.79 Å². The molecular formula is C11H16N2O4. The molecule has 6 nitrogen and oxygen atoms in total. The molecule has 0 bridgehead atoms. The van der Waals surface area contributed by atoms with Crippen molar-refractivity contribution in [2.75, 3.05) is 13.1 Å². The third kappa shape index (κ3) is 2.11. The van der Waals surface area contributed by atoms with E-state index in [0.29, 0.717) is 12.8 Å². The zero-order chi connectivity index (χ0) is 12.5. The molecule has 0 radical (unpaired) electrons. The highest BCUT2D eigenvalue weighted by Gasteiger charge is 2.44. The molecule has 0 spiro atoms. The SMILES string of the molecule is O=C1CNC(=O)N1CC1(C(=O)O)CCCCC1. The predicted molar refractivity (Wildman–Crippen MR) is 58.3 cm³/mol. The second-order valence-corrected chi connectivity index (χ2v) is 4.78. The third-order valence-electron chi connectivity index (χ3n) is 3.66. The summed E-state index contributed by atoms with van der Waals surface area (Å²) in [6.45, 7) is -0.0124. The Morgan fingerprint density at radius 1 is 1.29 bits per heavy atom. The number of carboxylic acids is 1. The molecule has 2 N–H and O–H groups in total. The van der Waals surface area contributed by atoms with Gasteiger partial charge in [0.05, 0.1) is 12.0 Å². The van der Waals surface area contributed by atoms with Crippen molar-refractivity contribution >= 4 is 17.9 Å². The highest BCUT2D eigenvalue weighted by Crippen LogP contribution is 2.37. The molecule has 1 aliphatic carbocycles. The number of urea groups is 1. The first-order valence-corrected chi connectivity index (χ1v) is 5.87. The molecule has 2 rings (SSSR count). The minimum absolute atomic E-state index is 0.00694. The molecule has 0 aromatic carbocycles. The first kappa shape index (κ1) is 11.9. The second kappa shape index (κ2) is 4.35. The Morgan fingerprint density at radius 2 is 1.94 bits per heavy atom. The Balaban J connectivity index is 2.15. The second-order valence-electron chi connectivity index (χ2n) is 4.78. The minimum Gasteiger partial charge on any atom is -0.481 e. The molecular weight excluding hydrogens is 224 g/mol. The zero-order valence-corrected chi connectivity index (χ0v) is 9.57. The van der Waals surface area contributed by atoms with Gasteiger partial charge in [-0.15, -0.1) is 0 Å². The van der Waals surface area contributed by atoms with Crippen molar-refractivity contribution in [2.45, 2.75) is 32.1 Å². The van der Waals surface area contributed by atoms with Gasteiger partial charge in [0.15, 0.2) is 0 Å². The van der Waals surface area contributed by atoms with E-state index in [0.717, 1.165) is 24.2 Å². The fourth-order valence-electron chi connectivity index (χ4n) is 2.59. The first-order chi connectivity index (χ1) is 8.05. The van der Waals surface area contributed by atoms with Gasteiger partial charge in [-0.1, -0.05) is 19.3 Å². The molecule has 6 heteroatoms. The molecule has 17 heavy (non-hydrogen) atoms. The smallest absolute Gasteiger partial charge is 0.324 e. The average molecular weight is 240 g/mol. The molecule has 2 fully saturated rings. The molecule has 0 aromatic heterocycles. The van der Waals surface area contributed by atoms with Gasteiger partial charge in [0.1, 0.15) is 0 Å². The normalized spacial score (nSPS) is 23.6. The zero-order valence-electron chi connectivity index (χ0n) is 9.57. The van der Waals surface area contributed by atoms with Crippen molar-refractivity contribution < 1.29 is 19.5 Å². The van der Waals surface area contributed by atoms with Crippen LogP contribution in [0, 0.1) is 5.41 Å². The number of amides is 3. The fraction of sp³-hybridized carbons (Fsp3) is 0.727. The lowest BCUT2D eigenvalue weighted by Crippen LogP contribution is -2.46. The van der Waals surface area contributed by atoms with Gasteiger partial charge in [-0.2, -0.15) is 0 Å². The Hall–Kier alpha value is -1.59. The van der Waals surface area contributed by atoms with E-state index >= 15 is 0 Å². The van der Waals surface area contributed by atoms with Gasteiger partial charge in [-0.05, 0) is 12.8 Å². The molecule has 0 atom stereocenters. The number of carboxylic acid groups (broad SMARTS) is 1. The van der Waals surface area contributed by atoms with E-state index in [1.807, 2.05) is 0 Å². The summed E-state index contributed by atoms with van der Waals surface area (Å²) in [7, 11) is 0. The maximum atomic E-state index is 11.5. The number of imide groups is 1. The lowest BCUT2D eigenvalue weighted by atomic mass is 9.73. The highest BCUT2D eigenvalue weighted by atomic mass is 16.4. The van der Waals surface area contributed by atoms with Crippen LogP contribution >= 0.6 is 0 Å². The molecule has 94 valence electrons. The predicted octanol–water partition coefficient (Wildman–Crippen LogP) is 0.573. The van der Waals surface area contributed by atoms with E-state index in [4.69, 9.17) is 0 Å². The molecule has 1 saturated heterocycles. The molecule has 1 heterocycles. The minimum atomic E-state index is -0.935. The number of nitrogens with one attached hydrogen (secondary N) is 1. The van der Waals surface area contributed by atoms with E-state index < -0.39 is 17.4 Å². The van der Waals surface area contributed by atoms with Gasteiger partial charge in [-0.25, -0.2) is 4.79 Å². The Kier molecular flexibility index (Phi) is 3.04. The summed E-state index contributed by atoms with van der Waals surface area (Å²) in [5.41, 5.74) is -0.935. The number of hydrogen-bond acceptors (Lipinski definition) is 3. The summed E-state index contributed by atoms with van der Waals surface area (Å²) in [5.74, 6) is -1.23. The van der Waals surface area contributed by atoms with E-state index in [1.54, 1.807) is 0 Å². The number of nitrogens with zero attached hydrogens (tertiary/aromatic N) is 1. The van der Waals surface area contributed by atoms with E-state index in [-0.39, 0.29) is 19.0 Å². The van der Waals surface area contributed by atoms with Gasteiger partial charge in [0.2, 0.25) is 5.91 Å². The third-order valence-corrected chi connectivity index (χ3v) is 3.66. The van der Waals surface area contributed by atoms with Crippen LogP contribution in [0.2, 0.25) is 0 Å². The van der Waals surface area contributed by atoms with Crippen LogP contribution in [-0.2, 0) is 9.59 Å².